The number of alkyl halides is 2. The number of hydrogen-bond donors (Lipinski definition) is 0. The summed E-state index contributed by atoms with van der Waals surface area (Å²) in [6.45, 7) is 6.25. The van der Waals surface area contributed by atoms with E-state index in [-0.39, 0.29) is 17.8 Å². The molecule has 0 aliphatic rings. The van der Waals surface area contributed by atoms with Gasteiger partial charge in [-0.25, -0.2) is 0 Å². The molecule has 0 bridgehead atoms. The second kappa shape index (κ2) is 7.13. The Hall–Kier alpha value is -0.210. The summed E-state index contributed by atoms with van der Waals surface area (Å²) in [5.74, 6) is 0.386. The van der Waals surface area contributed by atoms with E-state index in [0.29, 0.717) is 5.92 Å². The van der Waals surface area contributed by atoms with Gasteiger partial charge in [-0.05, 0) is 19.3 Å². The van der Waals surface area contributed by atoms with Gasteiger partial charge >= 0.3 is 0 Å². The number of allylic oxidation sites excluding steroid dienone is 1. The number of carbonyl (C=O) groups is 1. The summed E-state index contributed by atoms with van der Waals surface area (Å²) in [6, 6.07) is 0.154. The fourth-order valence-electron chi connectivity index (χ4n) is 1.21. The van der Waals surface area contributed by atoms with Crippen molar-refractivity contribution in [3.8, 4) is 0 Å². The zero-order chi connectivity index (χ0) is 11.1. The highest BCUT2D eigenvalue weighted by Crippen LogP contribution is 2.11. The molecule has 0 radical (unpaired) electrons. The first-order valence-corrected chi connectivity index (χ1v) is 5.66. The number of nitrogens with zero attached hydrogens (tertiary/aromatic N) is 1. The number of rotatable bonds is 5. The molecule has 0 heterocycles. The molecule has 14 heavy (non-hydrogen) atoms. The topological polar surface area (TPSA) is 20.3 Å². The van der Waals surface area contributed by atoms with E-state index in [2.05, 4.69) is 13.8 Å². The van der Waals surface area contributed by atoms with E-state index >= 15 is 0 Å². The van der Waals surface area contributed by atoms with Gasteiger partial charge in [0.25, 0.3) is 0 Å². The van der Waals surface area contributed by atoms with Crippen LogP contribution in [0.5, 0.6) is 0 Å². The van der Waals surface area contributed by atoms with E-state index in [1.807, 2.05) is 6.92 Å². The van der Waals surface area contributed by atoms with Gasteiger partial charge in [0.2, 0.25) is 5.91 Å². The van der Waals surface area contributed by atoms with Crippen molar-refractivity contribution in [2.45, 2.75) is 27.2 Å². The standard InChI is InChI=1S/C10H17Cl2NO/c1-8(2)4-9(3)6-13(7-12)10(14)5-11/h6,8H,4-5,7H2,1-3H3. The molecule has 0 aliphatic carbocycles. The Kier molecular flexibility index (Phi) is 7.02. The van der Waals surface area contributed by atoms with Crippen molar-refractivity contribution in [3.63, 3.8) is 0 Å². The van der Waals surface area contributed by atoms with E-state index in [9.17, 15) is 4.79 Å². The molecule has 2 nitrogen and oxygen atoms in total. The lowest BCUT2D eigenvalue weighted by Gasteiger charge is -2.15. The summed E-state index contributed by atoms with van der Waals surface area (Å²) in [6.07, 6.45) is 2.74. The molecule has 0 saturated carbocycles. The van der Waals surface area contributed by atoms with Gasteiger partial charge < -0.3 is 4.90 Å². The average molecular weight is 238 g/mol. The van der Waals surface area contributed by atoms with E-state index in [4.69, 9.17) is 23.2 Å². The fourth-order valence-corrected chi connectivity index (χ4v) is 1.57. The van der Waals surface area contributed by atoms with Crippen LogP contribution in [0.25, 0.3) is 0 Å². The number of carbonyl (C=O) groups excluding carboxylic acids is 1. The second-order valence-corrected chi connectivity index (χ2v) is 4.20. The third-order valence-corrected chi connectivity index (χ3v) is 2.16. The Morgan fingerprint density at radius 3 is 2.36 bits per heavy atom. The van der Waals surface area contributed by atoms with E-state index < -0.39 is 0 Å². The molecule has 4 heteroatoms. The van der Waals surface area contributed by atoms with E-state index in [0.717, 1.165) is 12.0 Å². The molecule has 0 fully saturated rings. The Labute approximate surface area is 95.9 Å². The molecule has 0 aromatic carbocycles. The van der Waals surface area contributed by atoms with Crippen molar-refractivity contribution in [2.24, 2.45) is 5.92 Å². The van der Waals surface area contributed by atoms with Gasteiger partial charge in [0.1, 0.15) is 5.88 Å². The maximum atomic E-state index is 11.2. The minimum Gasteiger partial charge on any atom is -0.304 e. The predicted octanol–water partition coefficient (Wildman–Crippen LogP) is 3.20. The van der Waals surface area contributed by atoms with Crippen molar-refractivity contribution in [1.82, 2.24) is 4.90 Å². The molecular weight excluding hydrogens is 221 g/mol. The third kappa shape index (κ3) is 5.51. The van der Waals surface area contributed by atoms with Crippen LogP contribution in [0, 0.1) is 5.92 Å². The van der Waals surface area contributed by atoms with Gasteiger partial charge in [0, 0.05) is 6.20 Å². The van der Waals surface area contributed by atoms with Crippen LogP contribution in [-0.4, -0.2) is 22.7 Å². The largest absolute Gasteiger partial charge is 0.304 e. The van der Waals surface area contributed by atoms with Crippen LogP contribution in [0.2, 0.25) is 0 Å². The van der Waals surface area contributed by atoms with Crippen molar-refractivity contribution >= 4 is 29.1 Å². The van der Waals surface area contributed by atoms with Gasteiger partial charge in [-0.15, -0.1) is 23.2 Å². The highest BCUT2D eigenvalue weighted by molar-refractivity contribution is 6.28. The van der Waals surface area contributed by atoms with Crippen LogP contribution in [-0.2, 0) is 4.79 Å². The molecule has 0 aromatic heterocycles. The van der Waals surface area contributed by atoms with Crippen molar-refractivity contribution in [2.75, 3.05) is 11.9 Å². The minimum absolute atomic E-state index is 0.0296. The molecule has 0 atom stereocenters. The number of hydrogen-bond acceptors (Lipinski definition) is 1. The van der Waals surface area contributed by atoms with Gasteiger partial charge in [-0.1, -0.05) is 19.4 Å². The van der Waals surface area contributed by atoms with Crippen molar-refractivity contribution < 1.29 is 4.79 Å². The van der Waals surface area contributed by atoms with Gasteiger partial charge in [0.15, 0.2) is 0 Å². The first-order valence-electron chi connectivity index (χ1n) is 4.60. The number of amides is 1. The molecule has 0 aliphatic heterocycles. The maximum Gasteiger partial charge on any atom is 0.242 e. The molecule has 0 saturated heterocycles. The molecule has 0 aromatic rings. The Balaban J connectivity index is 4.33. The fraction of sp³-hybridized carbons (Fsp3) is 0.700. The molecule has 82 valence electrons. The molecular formula is C10H17Cl2NO. The summed E-state index contributed by atoms with van der Waals surface area (Å²) in [5, 5.41) is 0. The van der Waals surface area contributed by atoms with Gasteiger partial charge in [-0.2, -0.15) is 0 Å². The van der Waals surface area contributed by atoms with Gasteiger partial charge in [0.05, 0.1) is 6.00 Å². The molecule has 0 spiro atoms. The molecule has 1 amide bonds. The highest BCUT2D eigenvalue weighted by Gasteiger charge is 2.08. The Morgan fingerprint density at radius 1 is 1.43 bits per heavy atom. The molecule has 0 rings (SSSR count). The average Bonchev–Trinajstić information content (AvgIpc) is 2.11. The van der Waals surface area contributed by atoms with Crippen LogP contribution < -0.4 is 0 Å². The van der Waals surface area contributed by atoms with Crippen LogP contribution in [0.15, 0.2) is 11.8 Å². The normalized spacial score (nSPS) is 12.0. The van der Waals surface area contributed by atoms with Crippen LogP contribution in [0.4, 0.5) is 0 Å². The SMILES string of the molecule is CC(=CN(CCl)C(=O)CCl)CC(C)C. The summed E-state index contributed by atoms with van der Waals surface area (Å²) < 4.78 is 0. The van der Waals surface area contributed by atoms with Crippen molar-refractivity contribution in [3.05, 3.63) is 11.8 Å². The summed E-state index contributed by atoms with van der Waals surface area (Å²) in [5.41, 5.74) is 1.14. The van der Waals surface area contributed by atoms with Crippen LogP contribution in [0.1, 0.15) is 27.2 Å². The van der Waals surface area contributed by atoms with Crippen molar-refractivity contribution in [1.29, 1.82) is 0 Å². The molecule has 0 N–H and O–H groups in total. The lowest BCUT2D eigenvalue weighted by Crippen LogP contribution is -2.25. The zero-order valence-corrected chi connectivity index (χ0v) is 10.4. The number of halogens is 2. The second-order valence-electron chi connectivity index (χ2n) is 3.69. The maximum absolute atomic E-state index is 11.2. The Morgan fingerprint density at radius 2 is 2.00 bits per heavy atom. The Bertz CT molecular complexity index is 214. The zero-order valence-electron chi connectivity index (χ0n) is 8.89. The monoisotopic (exact) mass is 237 g/mol. The third-order valence-electron chi connectivity index (χ3n) is 1.67. The first-order chi connectivity index (χ1) is 6.51. The smallest absolute Gasteiger partial charge is 0.242 e. The summed E-state index contributed by atoms with van der Waals surface area (Å²) >= 11 is 11.1. The minimum atomic E-state index is -0.162. The van der Waals surface area contributed by atoms with Crippen LogP contribution >= 0.6 is 23.2 Å². The molecule has 0 unspecified atom stereocenters. The van der Waals surface area contributed by atoms with E-state index in [1.165, 1.54) is 4.90 Å². The first kappa shape index (κ1) is 13.8. The highest BCUT2D eigenvalue weighted by atomic mass is 35.5. The van der Waals surface area contributed by atoms with Gasteiger partial charge in [-0.3, -0.25) is 4.79 Å². The summed E-state index contributed by atoms with van der Waals surface area (Å²) in [4.78, 5) is 12.7. The quantitative estimate of drug-likeness (QED) is 0.532. The van der Waals surface area contributed by atoms with Crippen LogP contribution in [0.3, 0.4) is 0 Å². The summed E-state index contributed by atoms with van der Waals surface area (Å²) in [7, 11) is 0. The lowest BCUT2D eigenvalue weighted by molar-refractivity contribution is -0.125. The van der Waals surface area contributed by atoms with E-state index in [1.54, 1.807) is 6.20 Å². The predicted molar refractivity (Wildman–Crippen MR) is 61.5 cm³/mol. The lowest BCUT2D eigenvalue weighted by atomic mass is 10.1.